The molecule has 0 aliphatic carbocycles. The summed E-state index contributed by atoms with van der Waals surface area (Å²) in [7, 11) is 0. The predicted molar refractivity (Wildman–Crippen MR) is 103 cm³/mol. The number of hydrogen-bond donors (Lipinski definition) is 3. The van der Waals surface area contributed by atoms with E-state index < -0.39 is 10.2 Å². The van der Waals surface area contributed by atoms with E-state index in [-0.39, 0.29) is 24.0 Å². The molecule has 1 amide bonds. The number of amides is 1. The normalized spacial score (nSPS) is 25.6. The van der Waals surface area contributed by atoms with Crippen molar-refractivity contribution >= 4 is 40.9 Å². The molecule has 0 aromatic heterocycles. The highest BCUT2D eigenvalue weighted by Gasteiger charge is 2.46. The minimum atomic E-state index is -0.787. The molecular formula is C17H23ClN4O3S. The fourth-order valence-electron chi connectivity index (χ4n) is 3.01. The van der Waals surface area contributed by atoms with Gasteiger partial charge in [-0.05, 0) is 45.0 Å². The summed E-state index contributed by atoms with van der Waals surface area (Å²) in [6, 6.07) is 7.42. The minimum absolute atomic E-state index is 0.0464. The number of nitrogens with one attached hydrogen (secondary N) is 3. The van der Waals surface area contributed by atoms with Gasteiger partial charge < -0.3 is 10.1 Å². The maximum atomic E-state index is 12.5. The van der Waals surface area contributed by atoms with Crippen LogP contribution in [-0.2, 0) is 14.3 Å². The van der Waals surface area contributed by atoms with Crippen LogP contribution in [0.5, 0.6) is 0 Å². The van der Waals surface area contributed by atoms with Gasteiger partial charge in [0.1, 0.15) is 16.4 Å². The smallest absolute Gasteiger partial charge is 0.321 e. The number of hydrazine groups is 1. The Morgan fingerprint density at radius 3 is 2.73 bits per heavy atom. The lowest BCUT2D eigenvalue weighted by Crippen LogP contribution is -2.64. The van der Waals surface area contributed by atoms with Crippen LogP contribution < -0.4 is 21.1 Å². The molecule has 3 atom stereocenters. The van der Waals surface area contributed by atoms with Gasteiger partial charge in [0.2, 0.25) is 5.91 Å². The van der Waals surface area contributed by atoms with E-state index in [2.05, 4.69) is 16.1 Å². The van der Waals surface area contributed by atoms with E-state index in [1.807, 2.05) is 29.3 Å². The Hall–Kier alpha value is -1.48. The number of rotatable bonds is 5. The second-order valence-corrected chi connectivity index (χ2v) is 8.83. The summed E-state index contributed by atoms with van der Waals surface area (Å²) in [6.07, 6.45) is -0.222. The molecule has 1 aromatic carbocycles. The highest BCUT2D eigenvalue weighted by atomic mass is 35.5. The Labute approximate surface area is 162 Å². The van der Waals surface area contributed by atoms with E-state index in [0.29, 0.717) is 18.2 Å². The van der Waals surface area contributed by atoms with Crippen LogP contribution in [0.25, 0.3) is 0 Å². The minimum Gasteiger partial charge on any atom is -0.465 e. The molecule has 3 rings (SSSR count). The maximum Gasteiger partial charge on any atom is 0.321 e. The van der Waals surface area contributed by atoms with E-state index in [1.54, 1.807) is 20.8 Å². The number of ether oxygens (including phenoxy) is 1. The highest BCUT2D eigenvalue weighted by Crippen LogP contribution is 2.33. The number of benzene rings is 1. The van der Waals surface area contributed by atoms with Crippen LogP contribution in [0.15, 0.2) is 24.3 Å². The van der Waals surface area contributed by atoms with Crippen molar-refractivity contribution in [1.82, 2.24) is 16.1 Å². The first-order chi connectivity index (χ1) is 12.3. The topological polar surface area (TPSA) is 82.7 Å². The summed E-state index contributed by atoms with van der Waals surface area (Å²) >= 11 is 7.29. The third-order valence-corrected chi connectivity index (χ3v) is 5.85. The lowest BCUT2D eigenvalue weighted by atomic mass is 10.1. The first kappa shape index (κ1) is 19.3. The van der Waals surface area contributed by atoms with Crippen LogP contribution in [0.1, 0.15) is 20.8 Å². The summed E-state index contributed by atoms with van der Waals surface area (Å²) in [5, 5.41) is 8.95. The molecule has 7 nitrogen and oxygen atoms in total. The Morgan fingerprint density at radius 1 is 1.38 bits per heavy atom. The molecule has 2 heterocycles. The molecule has 0 saturated carbocycles. The van der Waals surface area contributed by atoms with Gasteiger partial charge in [0.25, 0.3) is 0 Å². The van der Waals surface area contributed by atoms with E-state index in [0.717, 1.165) is 5.69 Å². The average Bonchev–Trinajstić information content (AvgIpc) is 3.00. The number of anilines is 1. The number of thioether (sulfide) groups is 1. The van der Waals surface area contributed by atoms with Crippen molar-refractivity contribution in [3.8, 4) is 0 Å². The summed E-state index contributed by atoms with van der Waals surface area (Å²) in [5.74, 6) is -0.578. The zero-order valence-corrected chi connectivity index (χ0v) is 16.5. The van der Waals surface area contributed by atoms with E-state index in [9.17, 15) is 9.59 Å². The summed E-state index contributed by atoms with van der Waals surface area (Å²) in [4.78, 5) is 24.7. The van der Waals surface area contributed by atoms with Crippen molar-refractivity contribution in [2.24, 2.45) is 5.92 Å². The van der Waals surface area contributed by atoms with Crippen molar-refractivity contribution in [1.29, 1.82) is 0 Å². The third-order valence-electron chi connectivity index (χ3n) is 4.36. The van der Waals surface area contributed by atoms with Gasteiger partial charge in [-0.25, -0.2) is 5.43 Å². The van der Waals surface area contributed by atoms with Crippen molar-refractivity contribution in [3.63, 3.8) is 0 Å². The predicted octanol–water partition coefficient (Wildman–Crippen LogP) is 1.68. The number of hydrogen-bond acceptors (Lipinski definition) is 7. The zero-order chi connectivity index (χ0) is 18.9. The molecule has 3 N–H and O–H groups in total. The first-order valence-electron chi connectivity index (χ1n) is 8.51. The largest absolute Gasteiger partial charge is 0.465 e. The number of esters is 1. The van der Waals surface area contributed by atoms with Crippen LogP contribution in [0.3, 0.4) is 0 Å². The van der Waals surface area contributed by atoms with Crippen molar-refractivity contribution in [3.05, 3.63) is 29.3 Å². The Kier molecular flexibility index (Phi) is 5.67. The second-order valence-electron chi connectivity index (χ2n) is 6.66. The van der Waals surface area contributed by atoms with Crippen molar-refractivity contribution < 1.29 is 14.3 Å². The SMILES string of the molecule is CCOC(=O)C(C)(C)SC1NC(=O)C2CNN(c3ccc(Cl)cc3)C2N1. The number of carbonyl (C=O) groups excluding carboxylic acids is 2. The highest BCUT2D eigenvalue weighted by molar-refractivity contribution is 8.01. The van der Waals surface area contributed by atoms with Gasteiger partial charge in [0, 0.05) is 11.6 Å². The molecule has 1 aromatic rings. The molecule has 2 aliphatic heterocycles. The molecule has 3 unspecified atom stereocenters. The van der Waals surface area contributed by atoms with Crippen LogP contribution in [0.2, 0.25) is 5.02 Å². The quantitative estimate of drug-likeness (QED) is 0.651. The van der Waals surface area contributed by atoms with Crippen LogP contribution >= 0.6 is 23.4 Å². The van der Waals surface area contributed by atoms with Gasteiger partial charge in [-0.3, -0.25) is 19.9 Å². The maximum absolute atomic E-state index is 12.5. The monoisotopic (exact) mass is 398 g/mol. The van der Waals surface area contributed by atoms with Crippen molar-refractivity contribution in [2.75, 3.05) is 18.2 Å². The van der Waals surface area contributed by atoms with Gasteiger partial charge in [0.15, 0.2) is 0 Å². The average molecular weight is 399 g/mol. The Morgan fingerprint density at radius 2 is 2.08 bits per heavy atom. The second kappa shape index (κ2) is 7.64. The van der Waals surface area contributed by atoms with Crippen LogP contribution in [0.4, 0.5) is 5.69 Å². The van der Waals surface area contributed by atoms with E-state index >= 15 is 0 Å². The van der Waals surface area contributed by atoms with Gasteiger partial charge in [-0.15, -0.1) is 11.8 Å². The van der Waals surface area contributed by atoms with Gasteiger partial charge in [0.05, 0.1) is 18.2 Å². The fourth-order valence-corrected chi connectivity index (χ4v) is 4.26. The van der Waals surface area contributed by atoms with E-state index in [1.165, 1.54) is 11.8 Å². The molecule has 9 heteroatoms. The molecule has 0 bridgehead atoms. The van der Waals surface area contributed by atoms with Gasteiger partial charge in [-0.2, -0.15) is 0 Å². The number of nitrogens with zero attached hydrogens (tertiary/aromatic N) is 1. The summed E-state index contributed by atoms with van der Waals surface area (Å²) in [6.45, 7) is 6.22. The van der Waals surface area contributed by atoms with Crippen LogP contribution in [-0.4, -0.2) is 41.4 Å². The lowest BCUT2D eigenvalue weighted by molar-refractivity contribution is -0.145. The molecular weight excluding hydrogens is 376 g/mol. The Balaban J connectivity index is 1.73. The standard InChI is InChI=1S/C17H23ClN4O3S/c1-4-25-15(24)17(2,3)26-16-20-13-12(14(23)21-16)9-19-22(13)11-7-5-10(18)6-8-11/h5-8,12-13,16,19-20H,4,9H2,1-3H3,(H,21,23). The lowest BCUT2D eigenvalue weighted by Gasteiger charge is -2.39. The summed E-state index contributed by atoms with van der Waals surface area (Å²) in [5.41, 5.74) is 3.77. The molecule has 0 radical (unpaired) electrons. The fraction of sp³-hybridized carbons (Fsp3) is 0.529. The van der Waals surface area contributed by atoms with Crippen LogP contribution in [0, 0.1) is 5.92 Å². The molecule has 26 heavy (non-hydrogen) atoms. The Bertz CT molecular complexity index is 685. The first-order valence-corrected chi connectivity index (χ1v) is 9.77. The van der Waals surface area contributed by atoms with Gasteiger partial charge >= 0.3 is 5.97 Å². The molecule has 2 fully saturated rings. The summed E-state index contributed by atoms with van der Waals surface area (Å²) < 4.78 is 4.34. The van der Waals surface area contributed by atoms with Crippen molar-refractivity contribution in [2.45, 2.75) is 37.2 Å². The molecule has 142 valence electrons. The number of carbonyl (C=O) groups is 2. The number of halogens is 1. The van der Waals surface area contributed by atoms with E-state index in [4.69, 9.17) is 16.3 Å². The molecule has 2 saturated heterocycles. The number of fused-ring (bicyclic) bond motifs is 1. The molecule has 2 aliphatic rings. The third kappa shape index (κ3) is 3.93. The zero-order valence-electron chi connectivity index (χ0n) is 14.9. The molecule has 0 spiro atoms. The van der Waals surface area contributed by atoms with Gasteiger partial charge in [-0.1, -0.05) is 11.6 Å².